The number of ether oxygens (including phenoxy) is 1. The first kappa shape index (κ1) is 17.5. The minimum absolute atomic E-state index is 0.0829. The van der Waals surface area contributed by atoms with Gasteiger partial charge in [-0.1, -0.05) is 19.1 Å². The minimum atomic E-state index is -0.169. The maximum absolute atomic E-state index is 11.8. The molecule has 0 aromatic heterocycles. The molecular formula is C17H28N2O2. The van der Waals surface area contributed by atoms with Crippen LogP contribution in [0.4, 0.5) is 0 Å². The first-order chi connectivity index (χ1) is 9.85. The molecule has 0 saturated carbocycles. The third-order valence-electron chi connectivity index (χ3n) is 3.18. The molecule has 1 amide bonds. The lowest BCUT2D eigenvalue weighted by atomic mass is 10.0. The normalized spacial score (nSPS) is 12.8. The Bertz CT molecular complexity index is 435. The second-order valence-corrected chi connectivity index (χ2v) is 6.24. The summed E-state index contributed by atoms with van der Waals surface area (Å²) in [7, 11) is 1.67. The molecule has 0 bridgehead atoms. The Labute approximate surface area is 128 Å². The summed E-state index contributed by atoms with van der Waals surface area (Å²) < 4.78 is 5.17. The summed E-state index contributed by atoms with van der Waals surface area (Å²) in [6, 6.07) is 8.32. The fourth-order valence-corrected chi connectivity index (χ4v) is 2.17. The van der Waals surface area contributed by atoms with E-state index in [-0.39, 0.29) is 17.5 Å². The smallest absolute Gasteiger partial charge is 0.221 e. The van der Waals surface area contributed by atoms with Crippen molar-refractivity contribution in [3.8, 4) is 5.75 Å². The van der Waals surface area contributed by atoms with Crippen molar-refractivity contribution in [2.75, 3.05) is 13.7 Å². The average Bonchev–Trinajstić information content (AvgIpc) is 2.42. The second-order valence-electron chi connectivity index (χ2n) is 6.24. The van der Waals surface area contributed by atoms with Crippen LogP contribution >= 0.6 is 0 Å². The quantitative estimate of drug-likeness (QED) is 0.812. The van der Waals surface area contributed by atoms with Crippen LogP contribution in [-0.2, 0) is 4.79 Å². The molecule has 4 heteroatoms. The molecule has 1 aromatic carbocycles. The molecule has 0 fully saturated rings. The largest absolute Gasteiger partial charge is 0.497 e. The van der Waals surface area contributed by atoms with Crippen molar-refractivity contribution in [3.63, 3.8) is 0 Å². The SMILES string of the molecule is CCC(NCCC(=O)NC(C)(C)C)c1ccc(OC)cc1. The number of nitrogens with one attached hydrogen (secondary N) is 2. The van der Waals surface area contributed by atoms with Gasteiger partial charge in [-0.15, -0.1) is 0 Å². The molecule has 0 radical (unpaired) electrons. The third-order valence-corrected chi connectivity index (χ3v) is 3.18. The van der Waals surface area contributed by atoms with Gasteiger partial charge in [-0.2, -0.15) is 0 Å². The molecule has 1 atom stereocenters. The van der Waals surface area contributed by atoms with E-state index in [9.17, 15) is 4.79 Å². The van der Waals surface area contributed by atoms with Crippen LogP contribution in [0, 0.1) is 0 Å². The summed E-state index contributed by atoms with van der Waals surface area (Å²) in [5.41, 5.74) is 1.05. The van der Waals surface area contributed by atoms with Crippen molar-refractivity contribution in [2.45, 2.75) is 52.1 Å². The van der Waals surface area contributed by atoms with Crippen molar-refractivity contribution in [3.05, 3.63) is 29.8 Å². The highest BCUT2D eigenvalue weighted by Gasteiger charge is 2.14. The summed E-state index contributed by atoms with van der Waals surface area (Å²) in [6.07, 6.45) is 1.47. The number of carbonyl (C=O) groups excluding carboxylic acids is 1. The van der Waals surface area contributed by atoms with Gasteiger partial charge in [0.1, 0.15) is 5.75 Å². The van der Waals surface area contributed by atoms with Crippen molar-refractivity contribution in [1.29, 1.82) is 0 Å². The summed E-state index contributed by atoms with van der Waals surface area (Å²) in [6.45, 7) is 8.78. The van der Waals surface area contributed by atoms with Gasteiger partial charge in [0.15, 0.2) is 0 Å². The Morgan fingerprint density at radius 1 is 1.24 bits per heavy atom. The lowest BCUT2D eigenvalue weighted by molar-refractivity contribution is -0.122. The van der Waals surface area contributed by atoms with E-state index < -0.39 is 0 Å². The monoisotopic (exact) mass is 292 g/mol. The van der Waals surface area contributed by atoms with Crippen LogP contribution in [-0.4, -0.2) is 25.1 Å². The topological polar surface area (TPSA) is 50.4 Å². The van der Waals surface area contributed by atoms with E-state index in [1.807, 2.05) is 32.9 Å². The number of hydrogen-bond acceptors (Lipinski definition) is 3. The van der Waals surface area contributed by atoms with E-state index >= 15 is 0 Å². The van der Waals surface area contributed by atoms with Gasteiger partial charge in [0.25, 0.3) is 0 Å². The van der Waals surface area contributed by atoms with Crippen LogP contribution < -0.4 is 15.4 Å². The van der Waals surface area contributed by atoms with Gasteiger partial charge >= 0.3 is 0 Å². The lowest BCUT2D eigenvalue weighted by Gasteiger charge is -2.21. The van der Waals surface area contributed by atoms with Gasteiger partial charge in [0, 0.05) is 24.5 Å². The highest BCUT2D eigenvalue weighted by atomic mass is 16.5. The zero-order chi connectivity index (χ0) is 15.9. The average molecular weight is 292 g/mol. The number of methoxy groups -OCH3 is 1. The molecule has 0 aliphatic heterocycles. The first-order valence-electron chi connectivity index (χ1n) is 7.54. The van der Waals surface area contributed by atoms with Gasteiger partial charge in [0.05, 0.1) is 7.11 Å². The first-order valence-corrected chi connectivity index (χ1v) is 7.54. The minimum Gasteiger partial charge on any atom is -0.497 e. The molecule has 4 nitrogen and oxygen atoms in total. The Balaban J connectivity index is 2.45. The van der Waals surface area contributed by atoms with E-state index in [4.69, 9.17) is 4.74 Å². The van der Waals surface area contributed by atoms with Crippen molar-refractivity contribution in [2.24, 2.45) is 0 Å². The number of carbonyl (C=O) groups is 1. The fraction of sp³-hybridized carbons (Fsp3) is 0.588. The van der Waals surface area contributed by atoms with Gasteiger partial charge in [-0.3, -0.25) is 4.79 Å². The predicted molar refractivity (Wildman–Crippen MR) is 86.5 cm³/mol. The maximum atomic E-state index is 11.8. The molecule has 2 N–H and O–H groups in total. The maximum Gasteiger partial charge on any atom is 0.221 e. The van der Waals surface area contributed by atoms with E-state index in [2.05, 4.69) is 29.7 Å². The number of rotatable bonds is 7. The Morgan fingerprint density at radius 2 is 1.86 bits per heavy atom. The van der Waals surface area contributed by atoms with Crippen LogP contribution in [0.15, 0.2) is 24.3 Å². The molecule has 1 rings (SSSR count). The van der Waals surface area contributed by atoms with Crippen molar-refractivity contribution in [1.82, 2.24) is 10.6 Å². The zero-order valence-electron chi connectivity index (χ0n) is 13.8. The lowest BCUT2D eigenvalue weighted by Crippen LogP contribution is -2.41. The summed E-state index contributed by atoms with van der Waals surface area (Å²) >= 11 is 0. The molecule has 0 aliphatic rings. The van der Waals surface area contributed by atoms with Crippen LogP contribution in [0.5, 0.6) is 5.75 Å². The molecular weight excluding hydrogens is 264 g/mol. The Kier molecular flexibility index (Phi) is 6.69. The molecule has 0 aliphatic carbocycles. The summed E-state index contributed by atoms with van der Waals surface area (Å²) in [4.78, 5) is 11.8. The highest BCUT2D eigenvalue weighted by Crippen LogP contribution is 2.19. The van der Waals surface area contributed by atoms with Gasteiger partial charge in [0.2, 0.25) is 5.91 Å². The molecule has 1 aromatic rings. The fourth-order valence-electron chi connectivity index (χ4n) is 2.17. The number of hydrogen-bond donors (Lipinski definition) is 2. The number of benzene rings is 1. The van der Waals surface area contributed by atoms with Gasteiger partial charge < -0.3 is 15.4 Å². The van der Waals surface area contributed by atoms with Crippen LogP contribution in [0.3, 0.4) is 0 Å². The Hall–Kier alpha value is -1.55. The molecule has 0 heterocycles. The molecule has 1 unspecified atom stereocenters. The predicted octanol–water partition coefficient (Wildman–Crippen LogP) is 3.04. The molecule has 0 spiro atoms. The van der Waals surface area contributed by atoms with Crippen LogP contribution in [0.2, 0.25) is 0 Å². The van der Waals surface area contributed by atoms with E-state index in [1.54, 1.807) is 7.11 Å². The third kappa shape index (κ3) is 6.63. The summed E-state index contributed by atoms with van der Waals surface area (Å²) in [5, 5.41) is 6.41. The molecule has 21 heavy (non-hydrogen) atoms. The zero-order valence-corrected chi connectivity index (χ0v) is 13.8. The van der Waals surface area contributed by atoms with Crippen LogP contribution in [0.1, 0.15) is 52.1 Å². The molecule has 0 saturated heterocycles. The second kappa shape index (κ2) is 8.03. The van der Waals surface area contributed by atoms with Gasteiger partial charge in [-0.25, -0.2) is 0 Å². The van der Waals surface area contributed by atoms with E-state index in [0.29, 0.717) is 13.0 Å². The highest BCUT2D eigenvalue weighted by molar-refractivity contribution is 5.76. The van der Waals surface area contributed by atoms with Crippen molar-refractivity contribution >= 4 is 5.91 Å². The van der Waals surface area contributed by atoms with E-state index in [0.717, 1.165) is 12.2 Å². The van der Waals surface area contributed by atoms with Gasteiger partial charge in [-0.05, 0) is 44.9 Å². The standard InChI is InChI=1S/C17H28N2O2/c1-6-15(13-7-9-14(21-5)10-8-13)18-12-11-16(20)19-17(2,3)4/h7-10,15,18H,6,11-12H2,1-5H3,(H,19,20). The summed E-state index contributed by atoms with van der Waals surface area (Å²) in [5.74, 6) is 0.942. The van der Waals surface area contributed by atoms with Crippen molar-refractivity contribution < 1.29 is 9.53 Å². The van der Waals surface area contributed by atoms with E-state index in [1.165, 1.54) is 5.56 Å². The number of amides is 1. The van der Waals surface area contributed by atoms with Crippen LogP contribution in [0.25, 0.3) is 0 Å². The molecule has 118 valence electrons. The Morgan fingerprint density at radius 3 is 2.33 bits per heavy atom.